The van der Waals surface area contributed by atoms with Crippen LogP contribution in [0.4, 0.5) is 17.5 Å². The highest BCUT2D eigenvalue weighted by atomic mass is 15.2. The number of benzene rings is 2. The molecule has 28 heavy (non-hydrogen) atoms. The van der Waals surface area contributed by atoms with E-state index in [1.54, 1.807) is 0 Å². The van der Waals surface area contributed by atoms with E-state index in [4.69, 9.17) is 9.97 Å². The summed E-state index contributed by atoms with van der Waals surface area (Å²) in [4.78, 5) is 11.6. The van der Waals surface area contributed by atoms with Gasteiger partial charge in [-0.25, -0.2) is 4.98 Å². The lowest BCUT2D eigenvalue weighted by atomic mass is 10.1. The Labute approximate surface area is 167 Å². The highest BCUT2D eigenvalue weighted by Crippen LogP contribution is 2.27. The Hall–Kier alpha value is -2.92. The molecule has 2 N–H and O–H groups in total. The Bertz CT molecular complexity index is 906. The summed E-state index contributed by atoms with van der Waals surface area (Å²) in [7, 11) is 4.11. The summed E-state index contributed by atoms with van der Waals surface area (Å²) < 4.78 is 0. The van der Waals surface area contributed by atoms with Crippen LogP contribution in [0.1, 0.15) is 18.1 Å². The molecule has 0 spiro atoms. The van der Waals surface area contributed by atoms with E-state index in [0.29, 0.717) is 5.95 Å². The highest BCUT2D eigenvalue weighted by Gasteiger charge is 2.10. The maximum absolute atomic E-state index is 4.73. The predicted octanol–water partition coefficient (Wildman–Crippen LogP) is 4.73. The lowest BCUT2D eigenvalue weighted by molar-refractivity contribution is 0.425. The number of hydrogen-bond acceptors (Lipinski definition) is 5. The zero-order valence-electron chi connectivity index (χ0n) is 17.2. The first-order valence-electron chi connectivity index (χ1n) is 9.75. The molecule has 3 aromatic rings. The molecule has 1 heterocycles. The number of nitrogens with zero attached hydrogens (tertiary/aromatic N) is 3. The van der Waals surface area contributed by atoms with Gasteiger partial charge in [-0.15, -0.1) is 0 Å². The first-order chi connectivity index (χ1) is 13.6. The van der Waals surface area contributed by atoms with Crippen LogP contribution in [0.5, 0.6) is 0 Å². The Morgan fingerprint density at radius 1 is 0.964 bits per heavy atom. The van der Waals surface area contributed by atoms with Crippen molar-refractivity contribution >= 4 is 17.5 Å². The van der Waals surface area contributed by atoms with Gasteiger partial charge >= 0.3 is 0 Å². The zero-order valence-corrected chi connectivity index (χ0v) is 17.2. The Kier molecular flexibility index (Phi) is 6.61. The van der Waals surface area contributed by atoms with Crippen LogP contribution >= 0.6 is 0 Å². The van der Waals surface area contributed by atoms with Gasteiger partial charge in [0.05, 0.1) is 5.69 Å². The summed E-state index contributed by atoms with van der Waals surface area (Å²) in [5, 5.41) is 6.89. The molecule has 3 rings (SSSR count). The molecule has 5 heteroatoms. The molecule has 5 nitrogen and oxygen atoms in total. The van der Waals surface area contributed by atoms with Crippen LogP contribution in [0.25, 0.3) is 11.3 Å². The van der Waals surface area contributed by atoms with Crippen LogP contribution < -0.4 is 10.6 Å². The molecule has 0 unspecified atom stereocenters. The monoisotopic (exact) mass is 375 g/mol. The molecule has 0 fully saturated rings. The number of anilines is 3. The summed E-state index contributed by atoms with van der Waals surface area (Å²) >= 11 is 0. The number of hydrogen-bond donors (Lipinski definition) is 2. The number of likely N-dealkylation sites (N-methyl/N-ethyl adjacent to an activating group) is 1. The van der Waals surface area contributed by atoms with E-state index in [2.05, 4.69) is 73.8 Å². The molecule has 0 bridgehead atoms. The molecule has 0 aliphatic heterocycles. The van der Waals surface area contributed by atoms with Crippen LogP contribution in [0.2, 0.25) is 0 Å². The van der Waals surface area contributed by atoms with Gasteiger partial charge in [0.2, 0.25) is 5.95 Å². The fraction of sp³-hybridized carbons (Fsp3) is 0.304. The van der Waals surface area contributed by atoms with Crippen LogP contribution in [0.15, 0.2) is 54.6 Å². The van der Waals surface area contributed by atoms with Gasteiger partial charge in [-0.2, -0.15) is 4.98 Å². The van der Waals surface area contributed by atoms with Gasteiger partial charge in [0, 0.05) is 30.4 Å². The van der Waals surface area contributed by atoms with Crippen molar-refractivity contribution in [3.63, 3.8) is 0 Å². The maximum atomic E-state index is 4.73. The first kappa shape index (κ1) is 19.8. The second kappa shape index (κ2) is 9.33. The molecule has 0 saturated carbocycles. The average Bonchev–Trinajstić information content (AvgIpc) is 2.70. The van der Waals surface area contributed by atoms with Crippen molar-refractivity contribution in [2.45, 2.75) is 20.3 Å². The van der Waals surface area contributed by atoms with E-state index in [1.165, 1.54) is 11.1 Å². The molecule has 0 saturated heterocycles. The van der Waals surface area contributed by atoms with Crippen LogP contribution in [-0.4, -0.2) is 42.1 Å². The summed E-state index contributed by atoms with van der Waals surface area (Å²) in [6.07, 6.45) is 0.967. The van der Waals surface area contributed by atoms with Gasteiger partial charge < -0.3 is 15.5 Å². The van der Waals surface area contributed by atoms with Crippen molar-refractivity contribution in [2.24, 2.45) is 0 Å². The second-order valence-corrected chi connectivity index (χ2v) is 7.15. The SMILES string of the molecule is CCc1cccc(C)c1Nc1cc(-c2ccccc2)nc(NCCN(C)C)n1. The quantitative estimate of drug-likeness (QED) is 0.596. The molecule has 0 aliphatic carbocycles. The van der Waals surface area contributed by atoms with E-state index in [1.807, 2.05) is 24.3 Å². The van der Waals surface area contributed by atoms with Gasteiger partial charge in [0.15, 0.2) is 0 Å². The lowest BCUT2D eigenvalue weighted by Gasteiger charge is -2.16. The third-order valence-corrected chi connectivity index (χ3v) is 4.63. The Morgan fingerprint density at radius 3 is 2.46 bits per heavy atom. The molecule has 146 valence electrons. The first-order valence-corrected chi connectivity index (χ1v) is 9.75. The molecule has 0 atom stereocenters. The average molecular weight is 376 g/mol. The molecule has 1 aromatic heterocycles. The normalized spacial score (nSPS) is 10.9. The van der Waals surface area contributed by atoms with Crippen molar-refractivity contribution in [3.8, 4) is 11.3 Å². The second-order valence-electron chi connectivity index (χ2n) is 7.15. The van der Waals surface area contributed by atoms with E-state index in [-0.39, 0.29) is 0 Å². The van der Waals surface area contributed by atoms with Crippen molar-refractivity contribution in [2.75, 3.05) is 37.8 Å². The van der Waals surface area contributed by atoms with Crippen molar-refractivity contribution in [3.05, 3.63) is 65.7 Å². The predicted molar refractivity (Wildman–Crippen MR) is 118 cm³/mol. The highest BCUT2D eigenvalue weighted by molar-refractivity contribution is 5.70. The van der Waals surface area contributed by atoms with Gasteiger partial charge in [-0.1, -0.05) is 55.5 Å². The minimum atomic E-state index is 0.636. The van der Waals surface area contributed by atoms with Gasteiger partial charge in [0.25, 0.3) is 0 Å². The van der Waals surface area contributed by atoms with Crippen molar-refractivity contribution in [1.29, 1.82) is 0 Å². The summed E-state index contributed by atoms with van der Waals surface area (Å²) in [6.45, 7) is 6.00. The Balaban J connectivity index is 1.95. The molecule has 0 amide bonds. The van der Waals surface area contributed by atoms with E-state index >= 15 is 0 Å². The van der Waals surface area contributed by atoms with E-state index in [9.17, 15) is 0 Å². The smallest absolute Gasteiger partial charge is 0.225 e. The third kappa shape index (κ3) is 5.08. The topological polar surface area (TPSA) is 53.1 Å². The minimum absolute atomic E-state index is 0.636. The molecule has 0 aliphatic rings. The van der Waals surface area contributed by atoms with Crippen LogP contribution in [0, 0.1) is 6.92 Å². The standard InChI is InChI=1S/C23H29N5/c1-5-18-13-9-10-17(2)22(18)26-21-16-20(19-11-7-6-8-12-19)25-23(27-21)24-14-15-28(3)4/h6-13,16H,5,14-15H2,1-4H3,(H2,24,25,26,27). The zero-order chi connectivity index (χ0) is 19.9. The van der Waals surface area contributed by atoms with Gasteiger partial charge in [0.1, 0.15) is 5.82 Å². The lowest BCUT2D eigenvalue weighted by Crippen LogP contribution is -2.21. The minimum Gasteiger partial charge on any atom is -0.353 e. The van der Waals surface area contributed by atoms with Crippen molar-refractivity contribution in [1.82, 2.24) is 14.9 Å². The largest absolute Gasteiger partial charge is 0.353 e. The van der Waals surface area contributed by atoms with Gasteiger partial charge in [-0.05, 0) is 38.6 Å². The fourth-order valence-corrected chi connectivity index (χ4v) is 3.07. The van der Waals surface area contributed by atoms with Crippen LogP contribution in [-0.2, 0) is 6.42 Å². The van der Waals surface area contributed by atoms with E-state index < -0.39 is 0 Å². The Morgan fingerprint density at radius 2 is 1.75 bits per heavy atom. The number of nitrogens with one attached hydrogen (secondary N) is 2. The fourth-order valence-electron chi connectivity index (χ4n) is 3.07. The number of aryl methyl sites for hydroxylation is 2. The number of aromatic nitrogens is 2. The van der Waals surface area contributed by atoms with Gasteiger partial charge in [-0.3, -0.25) is 0 Å². The van der Waals surface area contributed by atoms with E-state index in [0.717, 1.165) is 42.3 Å². The number of para-hydroxylation sites is 1. The summed E-state index contributed by atoms with van der Waals surface area (Å²) in [5.74, 6) is 1.43. The molecular formula is C23H29N5. The summed E-state index contributed by atoms with van der Waals surface area (Å²) in [5.41, 5.74) is 5.59. The molecule has 0 radical (unpaired) electrons. The molecular weight excluding hydrogens is 346 g/mol. The third-order valence-electron chi connectivity index (χ3n) is 4.63. The molecule has 2 aromatic carbocycles. The number of rotatable bonds is 8. The van der Waals surface area contributed by atoms with Crippen LogP contribution in [0.3, 0.4) is 0 Å². The summed E-state index contributed by atoms with van der Waals surface area (Å²) in [6, 6.07) is 18.6. The van der Waals surface area contributed by atoms with Crippen molar-refractivity contribution < 1.29 is 0 Å². The maximum Gasteiger partial charge on any atom is 0.225 e.